The van der Waals surface area contributed by atoms with Crippen molar-refractivity contribution in [2.24, 2.45) is 0 Å². The van der Waals surface area contributed by atoms with E-state index in [0.717, 1.165) is 11.1 Å². The summed E-state index contributed by atoms with van der Waals surface area (Å²) in [5, 5.41) is 0. The summed E-state index contributed by atoms with van der Waals surface area (Å²) in [6.07, 6.45) is -2.20. The fourth-order valence-corrected chi connectivity index (χ4v) is 1.77. The lowest BCUT2D eigenvalue weighted by atomic mass is 10.1. The van der Waals surface area contributed by atoms with E-state index in [1.54, 1.807) is 18.2 Å². The van der Waals surface area contributed by atoms with Gasteiger partial charge in [-0.2, -0.15) is 0 Å². The molecule has 0 aliphatic carbocycles. The van der Waals surface area contributed by atoms with Gasteiger partial charge < -0.3 is 14.2 Å². The number of rotatable bonds is 1. The minimum absolute atomic E-state index is 0.149. The first-order valence-corrected chi connectivity index (χ1v) is 5.53. The molecule has 5 nitrogen and oxygen atoms in total. The van der Waals surface area contributed by atoms with Crippen LogP contribution in [0, 0.1) is 0 Å². The van der Waals surface area contributed by atoms with Crippen molar-refractivity contribution >= 4 is 12.3 Å². The van der Waals surface area contributed by atoms with E-state index in [1.165, 1.54) is 0 Å². The molecule has 3 rings (SSSR count). The second-order valence-electron chi connectivity index (χ2n) is 3.83. The molecule has 0 amide bonds. The highest BCUT2D eigenvalue weighted by molar-refractivity contribution is 5.83. The van der Waals surface area contributed by atoms with Crippen molar-refractivity contribution < 1.29 is 23.8 Å². The Morgan fingerprint density at radius 3 is 2.05 bits per heavy atom. The topological polar surface area (TPSA) is 61.8 Å². The van der Waals surface area contributed by atoms with Gasteiger partial charge in [0.2, 0.25) is 0 Å². The first-order valence-electron chi connectivity index (χ1n) is 5.53. The number of fused-ring (bicyclic) bond motifs is 1. The summed E-state index contributed by atoms with van der Waals surface area (Å²) in [5.74, 6) is 0.299. The fourth-order valence-electron chi connectivity index (χ4n) is 1.77. The zero-order chi connectivity index (χ0) is 13.2. The SMILES string of the molecule is O=C1OC(=O)Oc2cc(-c3ccccc3)ccc2O1. The molecule has 0 aromatic heterocycles. The van der Waals surface area contributed by atoms with Crippen molar-refractivity contribution in [1.82, 2.24) is 0 Å². The molecular formula is C14H8O5. The molecule has 0 saturated carbocycles. The van der Waals surface area contributed by atoms with Crippen LogP contribution >= 0.6 is 0 Å². The molecule has 0 unspecified atom stereocenters. The molecular weight excluding hydrogens is 248 g/mol. The summed E-state index contributed by atoms with van der Waals surface area (Å²) in [5.41, 5.74) is 1.79. The monoisotopic (exact) mass is 256 g/mol. The second-order valence-corrected chi connectivity index (χ2v) is 3.83. The van der Waals surface area contributed by atoms with Gasteiger partial charge in [0.15, 0.2) is 11.5 Å². The Hall–Kier alpha value is -2.82. The van der Waals surface area contributed by atoms with E-state index >= 15 is 0 Å². The minimum Gasteiger partial charge on any atom is -0.391 e. The summed E-state index contributed by atoms with van der Waals surface area (Å²) in [6, 6.07) is 14.5. The maximum absolute atomic E-state index is 11.2. The normalized spacial score (nSPS) is 13.7. The van der Waals surface area contributed by atoms with Gasteiger partial charge in [0.05, 0.1) is 0 Å². The zero-order valence-electron chi connectivity index (χ0n) is 9.66. The average Bonchev–Trinajstić information content (AvgIpc) is 2.55. The van der Waals surface area contributed by atoms with E-state index in [1.807, 2.05) is 30.3 Å². The molecule has 1 aliphatic rings. The molecule has 0 atom stereocenters. The van der Waals surface area contributed by atoms with Crippen LogP contribution in [0.3, 0.4) is 0 Å². The van der Waals surface area contributed by atoms with Gasteiger partial charge in [0.25, 0.3) is 0 Å². The predicted octanol–water partition coefficient (Wildman–Crippen LogP) is 3.38. The summed E-state index contributed by atoms with van der Waals surface area (Å²) in [4.78, 5) is 22.2. The largest absolute Gasteiger partial charge is 0.524 e. The summed E-state index contributed by atoms with van der Waals surface area (Å²) < 4.78 is 13.9. The molecule has 94 valence electrons. The standard InChI is InChI=1S/C14H8O5/c15-13-17-11-7-6-10(9-4-2-1-3-5-9)8-12(11)18-14(16)19-13/h1-8H. The van der Waals surface area contributed by atoms with Gasteiger partial charge in [-0.15, -0.1) is 0 Å². The van der Waals surface area contributed by atoms with Gasteiger partial charge >= 0.3 is 12.3 Å². The van der Waals surface area contributed by atoms with Crippen molar-refractivity contribution in [3.63, 3.8) is 0 Å². The van der Waals surface area contributed by atoms with Crippen LogP contribution in [-0.2, 0) is 4.74 Å². The summed E-state index contributed by atoms with van der Waals surface area (Å²) in [6.45, 7) is 0. The van der Waals surface area contributed by atoms with Gasteiger partial charge in [-0.25, -0.2) is 9.59 Å². The highest BCUT2D eigenvalue weighted by Crippen LogP contribution is 2.34. The number of cyclic esters (lactones) is 2. The minimum atomic E-state index is -1.10. The zero-order valence-corrected chi connectivity index (χ0v) is 9.66. The van der Waals surface area contributed by atoms with E-state index in [2.05, 4.69) is 4.74 Å². The molecule has 0 radical (unpaired) electrons. The van der Waals surface area contributed by atoms with Crippen molar-refractivity contribution in [3.05, 3.63) is 48.5 Å². The number of carbonyl (C=O) groups excluding carboxylic acids is 2. The van der Waals surface area contributed by atoms with Crippen molar-refractivity contribution in [1.29, 1.82) is 0 Å². The third kappa shape index (κ3) is 2.26. The molecule has 0 fully saturated rings. The van der Waals surface area contributed by atoms with E-state index in [4.69, 9.17) is 9.47 Å². The van der Waals surface area contributed by atoms with E-state index in [0.29, 0.717) is 0 Å². The van der Waals surface area contributed by atoms with Gasteiger partial charge in [0, 0.05) is 0 Å². The lowest BCUT2D eigenvalue weighted by Gasteiger charge is -2.06. The van der Waals surface area contributed by atoms with Crippen LogP contribution < -0.4 is 9.47 Å². The van der Waals surface area contributed by atoms with Crippen LogP contribution in [0.4, 0.5) is 9.59 Å². The number of ether oxygens (including phenoxy) is 3. The highest BCUT2D eigenvalue weighted by Gasteiger charge is 2.24. The molecule has 1 aliphatic heterocycles. The highest BCUT2D eigenvalue weighted by atomic mass is 16.8. The number of hydrogen-bond donors (Lipinski definition) is 0. The molecule has 1 heterocycles. The lowest BCUT2D eigenvalue weighted by Crippen LogP contribution is -2.14. The molecule has 2 aromatic rings. The molecule has 2 aromatic carbocycles. The van der Waals surface area contributed by atoms with Crippen LogP contribution in [0.5, 0.6) is 11.5 Å². The first-order chi connectivity index (χ1) is 9.22. The molecule has 0 N–H and O–H groups in total. The van der Waals surface area contributed by atoms with E-state index < -0.39 is 12.3 Å². The number of hydrogen-bond acceptors (Lipinski definition) is 5. The van der Waals surface area contributed by atoms with Crippen molar-refractivity contribution in [3.8, 4) is 22.6 Å². The fraction of sp³-hybridized carbons (Fsp3) is 0. The smallest absolute Gasteiger partial charge is 0.391 e. The van der Waals surface area contributed by atoms with Crippen LogP contribution in [0.2, 0.25) is 0 Å². The van der Waals surface area contributed by atoms with Crippen LogP contribution in [-0.4, -0.2) is 12.3 Å². The molecule has 0 bridgehead atoms. The maximum atomic E-state index is 11.2. The number of benzene rings is 2. The Balaban J connectivity index is 2.04. The third-order valence-electron chi connectivity index (χ3n) is 2.60. The van der Waals surface area contributed by atoms with Crippen molar-refractivity contribution in [2.75, 3.05) is 0 Å². The predicted molar refractivity (Wildman–Crippen MR) is 65.0 cm³/mol. The van der Waals surface area contributed by atoms with E-state index in [-0.39, 0.29) is 11.5 Å². The van der Waals surface area contributed by atoms with Gasteiger partial charge in [-0.1, -0.05) is 36.4 Å². The van der Waals surface area contributed by atoms with Crippen LogP contribution in [0.15, 0.2) is 48.5 Å². The molecule has 0 saturated heterocycles. The Bertz CT molecular complexity index is 648. The molecule has 0 spiro atoms. The Kier molecular flexibility index (Phi) is 2.64. The van der Waals surface area contributed by atoms with Gasteiger partial charge in [-0.05, 0) is 23.3 Å². The van der Waals surface area contributed by atoms with E-state index in [9.17, 15) is 9.59 Å². The second kappa shape index (κ2) is 4.45. The third-order valence-corrected chi connectivity index (χ3v) is 2.60. The van der Waals surface area contributed by atoms with Gasteiger partial charge in [-0.3, -0.25) is 0 Å². The molecule has 19 heavy (non-hydrogen) atoms. The Labute approximate surface area is 108 Å². The van der Waals surface area contributed by atoms with Gasteiger partial charge in [0.1, 0.15) is 0 Å². The van der Waals surface area contributed by atoms with Crippen molar-refractivity contribution in [2.45, 2.75) is 0 Å². The van der Waals surface area contributed by atoms with Crippen LogP contribution in [0.1, 0.15) is 0 Å². The quantitative estimate of drug-likeness (QED) is 0.444. The van der Waals surface area contributed by atoms with Crippen LogP contribution in [0.25, 0.3) is 11.1 Å². The Morgan fingerprint density at radius 2 is 1.32 bits per heavy atom. The summed E-state index contributed by atoms with van der Waals surface area (Å²) in [7, 11) is 0. The average molecular weight is 256 g/mol. The summed E-state index contributed by atoms with van der Waals surface area (Å²) >= 11 is 0. The maximum Gasteiger partial charge on any atom is 0.524 e. The number of carbonyl (C=O) groups is 2. The Morgan fingerprint density at radius 1 is 0.632 bits per heavy atom. The lowest BCUT2D eigenvalue weighted by molar-refractivity contribution is 0.0998. The molecule has 5 heteroatoms. The first kappa shape index (κ1) is 11.3.